The number of urea groups is 2. The number of hydrogen-bond donors (Lipinski definition) is 2. The quantitative estimate of drug-likeness (QED) is 0.357. The van der Waals surface area contributed by atoms with Crippen LogP contribution in [0.5, 0.6) is 0 Å². The van der Waals surface area contributed by atoms with E-state index >= 15 is 0 Å². The van der Waals surface area contributed by atoms with Gasteiger partial charge in [-0.3, -0.25) is 9.69 Å². The monoisotopic (exact) mass is 651 g/mol. The molecule has 13 heteroatoms. The number of primary amides is 1. The number of anilines is 1. The zero-order valence-corrected chi connectivity index (χ0v) is 27.7. The van der Waals surface area contributed by atoms with Gasteiger partial charge in [0.05, 0.1) is 54.7 Å². The number of para-hydroxylation sites is 1. The molecule has 2 aromatic carbocycles. The van der Waals surface area contributed by atoms with Gasteiger partial charge in [-0.15, -0.1) is 0 Å². The number of hydrogen-bond acceptors (Lipinski definition) is 7. The van der Waals surface area contributed by atoms with Gasteiger partial charge in [0.1, 0.15) is 0 Å². The summed E-state index contributed by atoms with van der Waals surface area (Å²) in [6.45, 7) is 7.19. The summed E-state index contributed by atoms with van der Waals surface area (Å²) >= 11 is 6.22. The molecule has 2 atom stereocenters. The molecule has 1 aromatic heterocycles. The van der Waals surface area contributed by atoms with Gasteiger partial charge in [-0.1, -0.05) is 43.6 Å². The molecule has 2 unspecified atom stereocenters. The molecule has 1 aliphatic heterocycles. The van der Waals surface area contributed by atoms with Crippen molar-refractivity contribution < 1.29 is 19.1 Å². The molecule has 1 aliphatic carbocycles. The third-order valence-corrected chi connectivity index (χ3v) is 8.17. The van der Waals surface area contributed by atoms with E-state index in [-0.39, 0.29) is 5.56 Å². The van der Waals surface area contributed by atoms with Gasteiger partial charge in [-0.05, 0) is 55.8 Å². The molecule has 46 heavy (non-hydrogen) atoms. The fourth-order valence-corrected chi connectivity index (χ4v) is 5.81. The molecule has 3 N–H and O–H groups in total. The summed E-state index contributed by atoms with van der Waals surface area (Å²) in [5.41, 5.74) is 6.81. The molecule has 12 nitrogen and oxygen atoms in total. The summed E-state index contributed by atoms with van der Waals surface area (Å²) in [6, 6.07) is 12.2. The molecule has 0 radical (unpaired) electrons. The third kappa shape index (κ3) is 7.45. The van der Waals surface area contributed by atoms with Crippen LogP contribution in [0.15, 0.2) is 76.9 Å². The number of rotatable bonds is 7. The van der Waals surface area contributed by atoms with Crippen LogP contribution in [0.25, 0.3) is 10.9 Å². The summed E-state index contributed by atoms with van der Waals surface area (Å²) in [4.78, 5) is 48.2. The largest absolute Gasteiger partial charge is 0.501 e. The number of piperazine rings is 1. The van der Waals surface area contributed by atoms with Gasteiger partial charge in [-0.25, -0.2) is 19.2 Å². The number of fused-ring (bicyclic) bond motifs is 1. The second-order valence-corrected chi connectivity index (χ2v) is 11.0. The number of halogens is 1. The minimum absolute atomic E-state index is 0.278. The van der Waals surface area contributed by atoms with E-state index in [0.29, 0.717) is 72.2 Å². The number of nitrogens with one attached hydrogen (secondary N) is 1. The van der Waals surface area contributed by atoms with Crippen molar-refractivity contribution in [2.75, 3.05) is 50.7 Å². The van der Waals surface area contributed by atoms with Crippen LogP contribution in [0.4, 0.5) is 15.3 Å². The standard InChI is InChI=1S/C31H36ClN7O5.C2H6/c1-20(28-35-25-10-5-4-9-24(25)29(40)39(28)37-17-15-36(16-18-37)30(33)41)38(31(42)34-22-8-6-7-21(32)19-22)26-13-11-23(43-2)12-14-27(26)44-3;1-2/h4-11,13,19-20,27H,12,14-18H2,1-3H3,(H2,33,41)(H,34,42);1-2H3. The first-order valence-electron chi connectivity index (χ1n) is 15.4. The molecule has 1 fully saturated rings. The molecule has 4 amide bonds. The smallest absolute Gasteiger partial charge is 0.326 e. The number of nitrogens with zero attached hydrogens (tertiary/aromatic N) is 5. The normalized spacial score (nSPS) is 17.1. The average Bonchev–Trinajstić information content (AvgIpc) is 3.28. The van der Waals surface area contributed by atoms with Gasteiger partial charge in [0.25, 0.3) is 5.56 Å². The molecule has 2 aliphatic rings. The average molecular weight is 652 g/mol. The Morgan fingerprint density at radius 2 is 1.78 bits per heavy atom. The number of aromatic nitrogens is 2. The molecular weight excluding hydrogens is 610 g/mol. The summed E-state index contributed by atoms with van der Waals surface area (Å²) in [5.74, 6) is 1.09. The van der Waals surface area contributed by atoms with Crippen molar-refractivity contribution in [3.8, 4) is 0 Å². The fourth-order valence-electron chi connectivity index (χ4n) is 5.62. The number of amides is 4. The number of allylic oxidation sites excluding steroid dienone is 3. The molecule has 0 spiro atoms. The van der Waals surface area contributed by atoms with E-state index < -0.39 is 24.2 Å². The van der Waals surface area contributed by atoms with Crippen LogP contribution in [-0.4, -0.2) is 78.0 Å². The number of ether oxygens (including phenoxy) is 2. The van der Waals surface area contributed by atoms with Crippen molar-refractivity contribution in [2.24, 2.45) is 5.73 Å². The van der Waals surface area contributed by atoms with E-state index in [2.05, 4.69) is 5.32 Å². The van der Waals surface area contributed by atoms with Gasteiger partial charge in [0.15, 0.2) is 5.82 Å². The zero-order valence-electron chi connectivity index (χ0n) is 26.9. The Morgan fingerprint density at radius 3 is 2.43 bits per heavy atom. The predicted molar refractivity (Wildman–Crippen MR) is 180 cm³/mol. The first-order valence-corrected chi connectivity index (χ1v) is 15.7. The second kappa shape index (κ2) is 15.6. The number of carbonyl (C=O) groups excluding carboxylic acids is 2. The summed E-state index contributed by atoms with van der Waals surface area (Å²) in [6.07, 6.45) is 4.33. The molecule has 0 bridgehead atoms. The molecule has 3 aromatic rings. The van der Waals surface area contributed by atoms with Crippen molar-refractivity contribution in [3.63, 3.8) is 0 Å². The highest BCUT2D eigenvalue weighted by atomic mass is 35.5. The van der Waals surface area contributed by atoms with Crippen LogP contribution in [0.2, 0.25) is 5.02 Å². The van der Waals surface area contributed by atoms with Crippen molar-refractivity contribution in [1.29, 1.82) is 0 Å². The Balaban J connectivity index is 0.00000235. The lowest BCUT2D eigenvalue weighted by molar-refractivity contribution is 0.0912. The van der Waals surface area contributed by atoms with Crippen molar-refractivity contribution in [3.05, 3.63) is 93.3 Å². The van der Waals surface area contributed by atoms with E-state index in [1.54, 1.807) is 61.6 Å². The fraction of sp³-hybridized carbons (Fsp3) is 0.394. The Kier molecular flexibility index (Phi) is 11.7. The number of benzene rings is 2. The molecule has 1 saturated heterocycles. The van der Waals surface area contributed by atoms with Crippen molar-refractivity contribution in [1.82, 2.24) is 19.5 Å². The summed E-state index contributed by atoms with van der Waals surface area (Å²) in [5, 5.41) is 5.71. The lowest BCUT2D eigenvalue weighted by atomic mass is 10.1. The van der Waals surface area contributed by atoms with Gasteiger partial charge in [-0.2, -0.15) is 0 Å². The summed E-state index contributed by atoms with van der Waals surface area (Å²) < 4.78 is 12.9. The number of carbonyl (C=O) groups is 2. The summed E-state index contributed by atoms with van der Waals surface area (Å²) in [7, 11) is 3.20. The Labute approximate surface area is 274 Å². The van der Waals surface area contributed by atoms with Gasteiger partial charge >= 0.3 is 12.1 Å². The second-order valence-electron chi connectivity index (χ2n) is 10.6. The Bertz CT molecular complexity index is 1670. The van der Waals surface area contributed by atoms with E-state index in [1.165, 1.54) is 9.58 Å². The van der Waals surface area contributed by atoms with E-state index in [0.717, 1.165) is 5.76 Å². The molecule has 5 rings (SSSR count). The van der Waals surface area contributed by atoms with Crippen LogP contribution in [0.3, 0.4) is 0 Å². The first-order chi connectivity index (χ1) is 22.2. The van der Waals surface area contributed by atoms with Gasteiger partial charge in [0, 0.05) is 37.3 Å². The maximum Gasteiger partial charge on any atom is 0.326 e. The third-order valence-electron chi connectivity index (χ3n) is 7.93. The molecular formula is C33H42ClN7O5. The number of nitrogens with two attached hydrogens (primary N) is 1. The lowest BCUT2D eigenvalue weighted by Gasteiger charge is -2.39. The Hall–Kier alpha value is -4.55. The van der Waals surface area contributed by atoms with Crippen molar-refractivity contribution >= 4 is 40.3 Å². The minimum Gasteiger partial charge on any atom is -0.501 e. The first kappa shape index (κ1) is 34.3. The molecule has 246 valence electrons. The highest BCUT2D eigenvalue weighted by Gasteiger charge is 2.35. The van der Waals surface area contributed by atoms with E-state index in [9.17, 15) is 14.4 Å². The predicted octanol–water partition coefficient (Wildman–Crippen LogP) is 5.23. The topological polar surface area (TPSA) is 135 Å². The SMILES string of the molecule is CC.COC1=CC=C(N(C(=O)Nc2cccc(Cl)c2)C(C)c2nc3ccccc3c(=O)n2N2CCN(C(N)=O)CC2)C(OC)CC1. The van der Waals surface area contributed by atoms with Crippen LogP contribution in [-0.2, 0) is 9.47 Å². The molecule has 2 heterocycles. The highest BCUT2D eigenvalue weighted by molar-refractivity contribution is 6.30. The van der Waals surface area contributed by atoms with E-state index in [1.807, 2.05) is 44.0 Å². The molecule has 0 saturated carbocycles. The van der Waals surface area contributed by atoms with Crippen molar-refractivity contribution in [2.45, 2.75) is 45.8 Å². The van der Waals surface area contributed by atoms with E-state index in [4.69, 9.17) is 31.8 Å². The lowest BCUT2D eigenvalue weighted by Crippen LogP contribution is -2.57. The zero-order chi connectivity index (χ0) is 33.4. The van der Waals surface area contributed by atoms with Crippen LogP contribution >= 0.6 is 11.6 Å². The maximum atomic E-state index is 14.3. The van der Waals surface area contributed by atoms with Crippen LogP contribution in [0.1, 0.15) is 45.5 Å². The van der Waals surface area contributed by atoms with Crippen LogP contribution in [0, 0.1) is 0 Å². The van der Waals surface area contributed by atoms with Gasteiger partial charge in [0.2, 0.25) is 0 Å². The van der Waals surface area contributed by atoms with Gasteiger partial charge < -0.3 is 30.4 Å². The minimum atomic E-state index is -0.762. The highest BCUT2D eigenvalue weighted by Crippen LogP contribution is 2.32. The van der Waals surface area contributed by atoms with Crippen LogP contribution < -0.4 is 21.6 Å². The Morgan fingerprint density at radius 1 is 1.07 bits per heavy atom. The maximum absolute atomic E-state index is 14.3. The number of methoxy groups -OCH3 is 2.